The first-order valence-electron chi connectivity index (χ1n) is 5.06. The summed E-state index contributed by atoms with van der Waals surface area (Å²) in [5, 5.41) is 17.7. The lowest BCUT2D eigenvalue weighted by Gasteiger charge is -2.16. The molecule has 1 aromatic rings. The molecule has 0 bridgehead atoms. The molecule has 0 amide bonds. The second-order valence-electron chi connectivity index (χ2n) is 3.92. The first-order valence-corrected chi connectivity index (χ1v) is 5.06. The summed E-state index contributed by atoms with van der Waals surface area (Å²) in [5.41, 5.74) is -2.08. The predicted octanol–water partition coefficient (Wildman–Crippen LogP) is 1.31. The van der Waals surface area contributed by atoms with Gasteiger partial charge in [0.2, 0.25) is 0 Å². The Morgan fingerprint density at radius 2 is 1.78 bits per heavy atom. The van der Waals surface area contributed by atoms with Crippen LogP contribution in [0.3, 0.4) is 0 Å². The van der Waals surface area contributed by atoms with Crippen LogP contribution in [-0.4, -0.2) is 23.3 Å². The second kappa shape index (κ2) is 5.15. The smallest absolute Gasteiger partial charge is 0.488 e. The van der Waals surface area contributed by atoms with Gasteiger partial charge in [-0.25, -0.2) is 4.39 Å². The fraction of sp³-hybridized carbons (Fsp3) is 0.400. The quantitative estimate of drug-likeness (QED) is 0.640. The van der Waals surface area contributed by atoms with E-state index >= 15 is 0 Å². The van der Waals surface area contributed by atoms with Crippen molar-refractivity contribution in [3.8, 4) is 5.75 Å². The molecule has 8 heteroatoms. The Balaban J connectivity index is 3.37. The van der Waals surface area contributed by atoms with Crippen LogP contribution in [0.25, 0.3) is 0 Å². The van der Waals surface area contributed by atoms with Crippen molar-refractivity contribution in [3.63, 3.8) is 0 Å². The SMILES string of the molecule is CC(C)Oc1cc(C(F)(F)F)cc(B(O)O)c1F. The Labute approximate surface area is 101 Å². The lowest BCUT2D eigenvalue weighted by Crippen LogP contribution is -2.34. The number of benzene rings is 1. The van der Waals surface area contributed by atoms with Crippen LogP contribution in [0.4, 0.5) is 17.6 Å². The maximum absolute atomic E-state index is 13.6. The van der Waals surface area contributed by atoms with Crippen LogP contribution in [0, 0.1) is 5.82 Å². The molecule has 2 N–H and O–H groups in total. The van der Waals surface area contributed by atoms with E-state index in [1.807, 2.05) is 0 Å². The summed E-state index contributed by atoms with van der Waals surface area (Å²) >= 11 is 0. The van der Waals surface area contributed by atoms with Crippen LogP contribution < -0.4 is 10.2 Å². The van der Waals surface area contributed by atoms with E-state index in [1.54, 1.807) is 0 Å². The van der Waals surface area contributed by atoms with Crippen molar-refractivity contribution in [2.24, 2.45) is 0 Å². The van der Waals surface area contributed by atoms with Crippen LogP contribution in [0.15, 0.2) is 12.1 Å². The monoisotopic (exact) mass is 266 g/mol. The van der Waals surface area contributed by atoms with E-state index in [0.29, 0.717) is 12.1 Å². The summed E-state index contributed by atoms with van der Waals surface area (Å²) in [4.78, 5) is 0. The van der Waals surface area contributed by atoms with E-state index in [1.165, 1.54) is 13.8 Å². The van der Waals surface area contributed by atoms with E-state index in [-0.39, 0.29) is 0 Å². The fourth-order valence-corrected chi connectivity index (χ4v) is 1.31. The fourth-order valence-electron chi connectivity index (χ4n) is 1.31. The molecule has 0 fully saturated rings. The minimum atomic E-state index is -4.73. The Bertz CT molecular complexity index is 432. The molecule has 100 valence electrons. The molecule has 3 nitrogen and oxygen atoms in total. The third-order valence-electron chi connectivity index (χ3n) is 2.04. The third-order valence-corrected chi connectivity index (χ3v) is 2.04. The molecular formula is C10H11BF4O3. The van der Waals surface area contributed by atoms with Crippen LogP contribution >= 0.6 is 0 Å². The van der Waals surface area contributed by atoms with Crippen molar-refractivity contribution >= 4 is 12.6 Å². The molecule has 0 heterocycles. The van der Waals surface area contributed by atoms with E-state index in [2.05, 4.69) is 0 Å². The van der Waals surface area contributed by atoms with Crippen molar-refractivity contribution < 1.29 is 32.3 Å². The molecular weight excluding hydrogens is 255 g/mol. The number of ether oxygens (including phenoxy) is 1. The standard InChI is InChI=1S/C10H11BF4O3/c1-5(2)18-8-4-6(10(13,14)15)3-7(9(8)12)11(16)17/h3-5,16-17H,1-2H3. The zero-order chi connectivity index (χ0) is 14.1. The van der Waals surface area contributed by atoms with E-state index in [0.717, 1.165) is 0 Å². The lowest BCUT2D eigenvalue weighted by atomic mass is 9.78. The van der Waals surface area contributed by atoms with Crippen molar-refractivity contribution in [2.75, 3.05) is 0 Å². The molecule has 0 atom stereocenters. The van der Waals surface area contributed by atoms with Gasteiger partial charge in [0, 0.05) is 5.46 Å². The minimum absolute atomic E-state index is 0.340. The summed E-state index contributed by atoms with van der Waals surface area (Å²) in [6.45, 7) is 3.02. The van der Waals surface area contributed by atoms with Gasteiger partial charge in [-0.3, -0.25) is 0 Å². The lowest BCUT2D eigenvalue weighted by molar-refractivity contribution is -0.137. The normalized spacial score (nSPS) is 11.8. The van der Waals surface area contributed by atoms with Gasteiger partial charge in [0.05, 0.1) is 11.7 Å². The summed E-state index contributed by atoms with van der Waals surface area (Å²) in [6.07, 6.45) is -5.28. The van der Waals surface area contributed by atoms with Gasteiger partial charge < -0.3 is 14.8 Å². The number of rotatable bonds is 3. The van der Waals surface area contributed by atoms with Gasteiger partial charge in [-0.2, -0.15) is 13.2 Å². The first-order chi connectivity index (χ1) is 8.12. The van der Waals surface area contributed by atoms with Gasteiger partial charge in [0.25, 0.3) is 0 Å². The van der Waals surface area contributed by atoms with Crippen molar-refractivity contribution in [2.45, 2.75) is 26.1 Å². The molecule has 0 saturated carbocycles. The first kappa shape index (κ1) is 14.8. The van der Waals surface area contributed by atoms with Crippen molar-refractivity contribution in [1.29, 1.82) is 0 Å². The maximum Gasteiger partial charge on any atom is 0.491 e. The van der Waals surface area contributed by atoms with Crippen LogP contribution in [0.1, 0.15) is 19.4 Å². The summed E-state index contributed by atoms with van der Waals surface area (Å²) < 4.78 is 56.1. The van der Waals surface area contributed by atoms with Gasteiger partial charge in [-0.05, 0) is 26.0 Å². The summed E-state index contributed by atoms with van der Waals surface area (Å²) in [5.74, 6) is -1.88. The zero-order valence-electron chi connectivity index (χ0n) is 9.62. The van der Waals surface area contributed by atoms with Gasteiger partial charge in [0.15, 0.2) is 11.6 Å². The van der Waals surface area contributed by atoms with Crippen LogP contribution in [0.5, 0.6) is 5.75 Å². The molecule has 1 aromatic carbocycles. The minimum Gasteiger partial charge on any atom is -0.488 e. The highest BCUT2D eigenvalue weighted by atomic mass is 19.4. The molecule has 0 radical (unpaired) electrons. The average Bonchev–Trinajstić information content (AvgIpc) is 2.18. The molecule has 18 heavy (non-hydrogen) atoms. The number of hydrogen-bond donors (Lipinski definition) is 2. The molecule has 0 aliphatic rings. The summed E-state index contributed by atoms with van der Waals surface area (Å²) in [6, 6.07) is 0.828. The molecule has 0 spiro atoms. The third kappa shape index (κ3) is 3.36. The number of halogens is 4. The zero-order valence-corrected chi connectivity index (χ0v) is 9.62. The Hall–Kier alpha value is -1.28. The van der Waals surface area contributed by atoms with E-state index in [4.69, 9.17) is 14.8 Å². The molecule has 0 aliphatic carbocycles. The van der Waals surface area contributed by atoms with Gasteiger partial charge in [-0.1, -0.05) is 0 Å². The Morgan fingerprint density at radius 3 is 2.17 bits per heavy atom. The average molecular weight is 266 g/mol. The van der Waals surface area contributed by atoms with Crippen LogP contribution in [-0.2, 0) is 6.18 Å². The largest absolute Gasteiger partial charge is 0.491 e. The Morgan fingerprint density at radius 1 is 1.22 bits per heavy atom. The topological polar surface area (TPSA) is 49.7 Å². The van der Waals surface area contributed by atoms with E-state index < -0.39 is 42.0 Å². The predicted molar refractivity (Wildman–Crippen MR) is 57.0 cm³/mol. The maximum atomic E-state index is 13.6. The molecule has 0 aliphatic heterocycles. The molecule has 0 saturated heterocycles. The van der Waals surface area contributed by atoms with Gasteiger partial charge >= 0.3 is 13.3 Å². The van der Waals surface area contributed by atoms with Gasteiger partial charge in [0.1, 0.15) is 0 Å². The van der Waals surface area contributed by atoms with E-state index in [9.17, 15) is 17.6 Å². The highest BCUT2D eigenvalue weighted by molar-refractivity contribution is 6.58. The molecule has 0 aromatic heterocycles. The van der Waals surface area contributed by atoms with Crippen molar-refractivity contribution in [1.82, 2.24) is 0 Å². The molecule has 1 rings (SSSR count). The second-order valence-corrected chi connectivity index (χ2v) is 3.92. The summed E-state index contributed by atoms with van der Waals surface area (Å²) in [7, 11) is -2.35. The Kier molecular flexibility index (Phi) is 4.23. The van der Waals surface area contributed by atoms with Crippen LogP contribution in [0.2, 0.25) is 0 Å². The number of alkyl halides is 3. The van der Waals surface area contributed by atoms with Crippen molar-refractivity contribution in [3.05, 3.63) is 23.5 Å². The number of hydrogen-bond acceptors (Lipinski definition) is 3. The highest BCUT2D eigenvalue weighted by Crippen LogP contribution is 2.32. The van der Waals surface area contributed by atoms with Gasteiger partial charge in [-0.15, -0.1) is 0 Å². The molecule has 0 unspecified atom stereocenters. The highest BCUT2D eigenvalue weighted by Gasteiger charge is 2.34.